The number of hydrogen-bond donors (Lipinski definition) is 1. The van der Waals surface area contributed by atoms with E-state index in [1.807, 2.05) is 12.3 Å². The van der Waals surface area contributed by atoms with Crippen molar-refractivity contribution in [1.82, 2.24) is 4.98 Å². The number of aryl methyl sites for hydroxylation is 1. The van der Waals surface area contributed by atoms with E-state index in [9.17, 15) is 4.39 Å². The van der Waals surface area contributed by atoms with Gasteiger partial charge in [0.25, 0.3) is 0 Å². The van der Waals surface area contributed by atoms with Gasteiger partial charge in [-0.1, -0.05) is 23.2 Å². The molecule has 6 heteroatoms. The Kier molecular flexibility index (Phi) is 4.16. The molecule has 0 amide bonds. The maximum atomic E-state index is 13.6. The predicted molar refractivity (Wildman–Crippen MR) is 78.5 cm³/mol. The second-order valence-electron chi connectivity index (χ2n) is 4.72. The maximum absolute atomic E-state index is 13.6. The lowest BCUT2D eigenvalue weighted by Gasteiger charge is -2.25. The summed E-state index contributed by atoms with van der Waals surface area (Å²) in [5, 5.41) is 3.21. The Labute approximate surface area is 125 Å². The Morgan fingerprint density at radius 2 is 2.05 bits per heavy atom. The number of rotatable bonds is 3. The molecule has 1 aromatic heterocycles. The van der Waals surface area contributed by atoms with E-state index in [1.54, 1.807) is 6.92 Å². The van der Waals surface area contributed by atoms with Gasteiger partial charge in [-0.25, -0.2) is 9.37 Å². The van der Waals surface area contributed by atoms with E-state index in [0.717, 1.165) is 10.7 Å². The van der Waals surface area contributed by atoms with Gasteiger partial charge in [0.1, 0.15) is 5.82 Å². The van der Waals surface area contributed by atoms with Crippen LogP contribution >= 0.6 is 34.5 Å². The van der Waals surface area contributed by atoms with E-state index < -0.39 is 11.4 Å². The van der Waals surface area contributed by atoms with Gasteiger partial charge in [-0.2, -0.15) is 0 Å². The first-order valence-electron chi connectivity index (χ1n) is 5.64. The molecule has 0 aliphatic carbocycles. The Morgan fingerprint density at radius 3 is 2.63 bits per heavy atom. The molecule has 2 aromatic rings. The molecule has 102 valence electrons. The fourth-order valence-corrected chi connectivity index (χ4v) is 3.39. The largest absolute Gasteiger partial charge is 0.321 e. The number of nitrogens with two attached hydrogens (primary N) is 1. The summed E-state index contributed by atoms with van der Waals surface area (Å²) in [6, 6.07) is 2.68. The van der Waals surface area contributed by atoms with Gasteiger partial charge in [0.2, 0.25) is 0 Å². The minimum absolute atomic E-state index is 0.00496. The van der Waals surface area contributed by atoms with Crippen LogP contribution in [-0.4, -0.2) is 4.98 Å². The van der Waals surface area contributed by atoms with Gasteiger partial charge in [-0.05, 0) is 31.5 Å². The van der Waals surface area contributed by atoms with Gasteiger partial charge >= 0.3 is 0 Å². The Hall–Kier alpha value is -0.680. The number of halogens is 3. The number of thiazole rings is 1. The van der Waals surface area contributed by atoms with Crippen molar-refractivity contribution >= 4 is 34.5 Å². The van der Waals surface area contributed by atoms with E-state index >= 15 is 0 Å². The normalized spacial score (nSPS) is 14.4. The monoisotopic (exact) mass is 318 g/mol. The second kappa shape index (κ2) is 5.37. The Morgan fingerprint density at radius 1 is 1.37 bits per heavy atom. The highest BCUT2D eigenvalue weighted by Crippen LogP contribution is 2.33. The number of hydrogen-bond acceptors (Lipinski definition) is 3. The van der Waals surface area contributed by atoms with Gasteiger partial charge in [-0.3, -0.25) is 0 Å². The topological polar surface area (TPSA) is 38.9 Å². The van der Waals surface area contributed by atoms with E-state index in [0.29, 0.717) is 17.0 Å². The second-order valence-corrected chi connectivity index (χ2v) is 6.48. The molecule has 19 heavy (non-hydrogen) atoms. The van der Waals surface area contributed by atoms with Crippen LogP contribution in [-0.2, 0) is 12.0 Å². The molecule has 0 aliphatic rings. The summed E-state index contributed by atoms with van der Waals surface area (Å²) < 4.78 is 13.6. The molecule has 0 aliphatic heterocycles. The Bertz CT molecular complexity index is 611. The summed E-state index contributed by atoms with van der Waals surface area (Å²) in [4.78, 5) is 4.37. The van der Waals surface area contributed by atoms with Crippen molar-refractivity contribution in [3.63, 3.8) is 0 Å². The highest BCUT2D eigenvalue weighted by molar-refractivity contribution is 7.09. The predicted octanol–water partition coefficient (Wildman–Crippen LogP) is 4.31. The summed E-state index contributed by atoms with van der Waals surface area (Å²) in [7, 11) is 0. The average Bonchev–Trinajstić information content (AvgIpc) is 2.68. The van der Waals surface area contributed by atoms with Gasteiger partial charge < -0.3 is 5.73 Å². The Balaban J connectivity index is 2.36. The lowest BCUT2D eigenvalue weighted by molar-refractivity contribution is 0.485. The third kappa shape index (κ3) is 3.26. The summed E-state index contributed by atoms with van der Waals surface area (Å²) in [5.41, 5.74) is 6.95. The van der Waals surface area contributed by atoms with Gasteiger partial charge in [0, 0.05) is 28.1 Å². The molecule has 1 heterocycles. The SMILES string of the molecule is Cc1csc(CC(C)(N)c2cc(F)c(Cl)cc2Cl)n1. The number of aromatic nitrogens is 1. The van der Waals surface area contributed by atoms with Crippen molar-refractivity contribution in [2.45, 2.75) is 25.8 Å². The first-order chi connectivity index (χ1) is 8.79. The van der Waals surface area contributed by atoms with Gasteiger partial charge in [0.15, 0.2) is 0 Å². The fourth-order valence-electron chi connectivity index (χ4n) is 1.85. The van der Waals surface area contributed by atoms with Crippen LogP contribution in [0.2, 0.25) is 10.0 Å². The van der Waals surface area contributed by atoms with E-state index in [4.69, 9.17) is 28.9 Å². The molecule has 0 saturated heterocycles. The molecule has 1 atom stereocenters. The van der Waals surface area contributed by atoms with E-state index in [2.05, 4.69) is 4.98 Å². The molecular formula is C13H13Cl2FN2S. The fraction of sp³-hybridized carbons (Fsp3) is 0.308. The summed E-state index contributed by atoms with van der Waals surface area (Å²) in [6.07, 6.45) is 0.492. The third-order valence-electron chi connectivity index (χ3n) is 2.81. The number of benzene rings is 1. The molecule has 0 radical (unpaired) electrons. The van der Waals surface area contributed by atoms with Crippen molar-refractivity contribution in [3.8, 4) is 0 Å². The molecule has 1 unspecified atom stereocenters. The molecule has 2 rings (SSSR count). The zero-order valence-corrected chi connectivity index (χ0v) is 12.8. The first kappa shape index (κ1) is 14.7. The summed E-state index contributed by atoms with van der Waals surface area (Å²) in [6.45, 7) is 3.72. The number of nitrogens with zero attached hydrogens (tertiary/aromatic N) is 1. The van der Waals surface area contributed by atoms with Gasteiger partial charge in [-0.15, -0.1) is 11.3 Å². The summed E-state index contributed by atoms with van der Waals surface area (Å²) in [5.74, 6) is -0.520. The average molecular weight is 319 g/mol. The zero-order chi connectivity index (χ0) is 14.2. The molecule has 2 N–H and O–H groups in total. The van der Waals surface area contributed by atoms with Crippen LogP contribution in [0.4, 0.5) is 4.39 Å². The van der Waals surface area contributed by atoms with E-state index in [-0.39, 0.29) is 5.02 Å². The van der Waals surface area contributed by atoms with Crippen LogP contribution in [0.25, 0.3) is 0 Å². The molecule has 2 nitrogen and oxygen atoms in total. The highest BCUT2D eigenvalue weighted by Gasteiger charge is 2.27. The van der Waals surface area contributed by atoms with Crippen LogP contribution in [0, 0.1) is 12.7 Å². The lowest BCUT2D eigenvalue weighted by atomic mass is 9.90. The summed E-state index contributed by atoms with van der Waals surface area (Å²) >= 11 is 13.3. The van der Waals surface area contributed by atoms with Crippen LogP contribution in [0.15, 0.2) is 17.5 Å². The van der Waals surface area contributed by atoms with Crippen LogP contribution in [0.3, 0.4) is 0 Å². The first-order valence-corrected chi connectivity index (χ1v) is 7.28. The third-order valence-corrected chi connectivity index (χ3v) is 4.38. The van der Waals surface area contributed by atoms with Crippen molar-refractivity contribution in [3.05, 3.63) is 49.6 Å². The van der Waals surface area contributed by atoms with Crippen molar-refractivity contribution in [2.24, 2.45) is 5.73 Å². The van der Waals surface area contributed by atoms with Crippen molar-refractivity contribution in [2.75, 3.05) is 0 Å². The zero-order valence-electron chi connectivity index (χ0n) is 10.5. The van der Waals surface area contributed by atoms with E-state index in [1.165, 1.54) is 23.5 Å². The van der Waals surface area contributed by atoms with Crippen molar-refractivity contribution < 1.29 is 4.39 Å². The van der Waals surface area contributed by atoms with Crippen LogP contribution < -0.4 is 5.73 Å². The standard InChI is InChI=1S/C13H13Cl2FN2S/c1-7-6-19-12(18-7)5-13(2,17)8-3-11(16)10(15)4-9(8)14/h3-4,6H,5,17H2,1-2H3. The molecular weight excluding hydrogens is 306 g/mol. The van der Waals surface area contributed by atoms with Crippen LogP contribution in [0.1, 0.15) is 23.2 Å². The van der Waals surface area contributed by atoms with Gasteiger partial charge in [0.05, 0.1) is 10.0 Å². The lowest BCUT2D eigenvalue weighted by Crippen LogP contribution is -2.36. The van der Waals surface area contributed by atoms with Crippen LogP contribution in [0.5, 0.6) is 0 Å². The minimum atomic E-state index is -0.799. The molecule has 0 spiro atoms. The quantitative estimate of drug-likeness (QED) is 0.856. The van der Waals surface area contributed by atoms with Crippen molar-refractivity contribution in [1.29, 1.82) is 0 Å². The smallest absolute Gasteiger partial charge is 0.142 e. The minimum Gasteiger partial charge on any atom is -0.321 e. The maximum Gasteiger partial charge on any atom is 0.142 e. The molecule has 1 aromatic carbocycles. The molecule has 0 bridgehead atoms. The highest BCUT2D eigenvalue weighted by atomic mass is 35.5. The molecule has 0 fully saturated rings. The molecule has 0 saturated carbocycles.